The van der Waals surface area contributed by atoms with E-state index in [1.807, 2.05) is 20.8 Å². The SMILES string of the molecule is CC(C)C(NC(=O)[C@H]1CCN[C@@H](C)C1)c1cccc(C(F)(F)F)c1.Cl. The molecule has 25 heavy (non-hydrogen) atoms. The van der Waals surface area contributed by atoms with E-state index >= 15 is 0 Å². The Hall–Kier alpha value is -1.27. The number of carbonyl (C=O) groups excluding carboxylic acids is 1. The van der Waals surface area contributed by atoms with Gasteiger partial charge in [0.2, 0.25) is 5.91 Å². The van der Waals surface area contributed by atoms with Gasteiger partial charge < -0.3 is 10.6 Å². The molecule has 1 saturated heterocycles. The van der Waals surface area contributed by atoms with Gasteiger partial charge in [0.15, 0.2) is 0 Å². The van der Waals surface area contributed by atoms with E-state index in [-0.39, 0.29) is 36.2 Å². The third-order valence-corrected chi connectivity index (χ3v) is 4.53. The van der Waals surface area contributed by atoms with Gasteiger partial charge in [0, 0.05) is 12.0 Å². The quantitative estimate of drug-likeness (QED) is 0.818. The molecule has 1 amide bonds. The predicted molar refractivity (Wildman–Crippen MR) is 94.6 cm³/mol. The van der Waals surface area contributed by atoms with Crippen molar-refractivity contribution < 1.29 is 18.0 Å². The van der Waals surface area contributed by atoms with Crippen molar-refractivity contribution in [3.05, 3.63) is 35.4 Å². The minimum Gasteiger partial charge on any atom is -0.349 e. The second-order valence-corrected chi connectivity index (χ2v) is 6.93. The molecule has 0 radical (unpaired) electrons. The van der Waals surface area contributed by atoms with Crippen LogP contribution in [0.3, 0.4) is 0 Å². The van der Waals surface area contributed by atoms with Crippen molar-refractivity contribution in [2.24, 2.45) is 11.8 Å². The molecule has 0 spiro atoms. The van der Waals surface area contributed by atoms with E-state index in [1.165, 1.54) is 6.07 Å². The largest absolute Gasteiger partial charge is 0.416 e. The molecule has 0 saturated carbocycles. The summed E-state index contributed by atoms with van der Waals surface area (Å²) in [4.78, 5) is 12.6. The van der Waals surface area contributed by atoms with Crippen LogP contribution >= 0.6 is 12.4 Å². The number of piperidine rings is 1. The summed E-state index contributed by atoms with van der Waals surface area (Å²) < 4.78 is 38.8. The maximum absolute atomic E-state index is 12.9. The normalized spacial score (nSPS) is 22.2. The van der Waals surface area contributed by atoms with Gasteiger partial charge in [-0.05, 0) is 49.9 Å². The first kappa shape index (κ1) is 21.8. The highest BCUT2D eigenvalue weighted by atomic mass is 35.5. The first-order chi connectivity index (χ1) is 11.2. The Morgan fingerprint density at radius 2 is 2.00 bits per heavy atom. The van der Waals surface area contributed by atoms with Crippen molar-refractivity contribution in [3.8, 4) is 0 Å². The summed E-state index contributed by atoms with van der Waals surface area (Å²) in [5.74, 6) is -0.163. The molecule has 0 bridgehead atoms. The molecular weight excluding hydrogens is 353 g/mol. The molecule has 3 nitrogen and oxygen atoms in total. The van der Waals surface area contributed by atoms with E-state index in [4.69, 9.17) is 0 Å². The van der Waals surface area contributed by atoms with Gasteiger partial charge in [-0.15, -0.1) is 12.4 Å². The molecule has 1 aromatic carbocycles. The van der Waals surface area contributed by atoms with Gasteiger partial charge in [-0.1, -0.05) is 26.0 Å². The molecule has 2 rings (SSSR count). The van der Waals surface area contributed by atoms with E-state index in [1.54, 1.807) is 6.07 Å². The van der Waals surface area contributed by atoms with Crippen LogP contribution in [0, 0.1) is 11.8 Å². The van der Waals surface area contributed by atoms with E-state index in [2.05, 4.69) is 10.6 Å². The summed E-state index contributed by atoms with van der Waals surface area (Å²) in [6.45, 7) is 6.62. The topological polar surface area (TPSA) is 41.1 Å². The zero-order valence-electron chi connectivity index (χ0n) is 14.7. The van der Waals surface area contributed by atoms with Gasteiger partial charge in [0.25, 0.3) is 0 Å². The summed E-state index contributed by atoms with van der Waals surface area (Å²) in [6, 6.07) is 5.08. The van der Waals surface area contributed by atoms with Crippen LogP contribution in [0.25, 0.3) is 0 Å². The smallest absolute Gasteiger partial charge is 0.349 e. The van der Waals surface area contributed by atoms with E-state index in [9.17, 15) is 18.0 Å². The van der Waals surface area contributed by atoms with Gasteiger partial charge >= 0.3 is 6.18 Å². The van der Waals surface area contributed by atoms with E-state index in [0.717, 1.165) is 31.5 Å². The van der Waals surface area contributed by atoms with Crippen LogP contribution in [-0.4, -0.2) is 18.5 Å². The Bertz CT molecular complexity index is 578. The highest BCUT2D eigenvalue weighted by molar-refractivity contribution is 5.85. The predicted octanol–water partition coefficient (Wildman–Crippen LogP) is 4.33. The molecule has 1 aromatic rings. The third kappa shape index (κ3) is 5.89. The molecule has 0 aromatic heterocycles. The zero-order valence-corrected chi connectivity index (χ0v) is 15.5. The molecular formula is C18H26ClF3N2O. The number of nitrogens with one attached hydrogen (secondary N) is 2. The maximum atomic E-state index is 12.9. The lowest BCUT2D eigenvalue weighted by molar-refractivity contribution is -0.137. The number of carbonyl (C=O) groups is 1. The summed E-state index contributed by atoms with van der Waals surface area (Å²) in [5.41, 5.74) is -0.189. The average molecular weight is 379 g/mol. The van der Waals surface area contributed by atoms with Crippen molar-refractivity contribution in [1.29, 1.82) is 0 Å². The second-order valence-electron chi connectivity index (χ2n) is 6.93. The highest BCUT2D eigenvalue weighted by Gasteiger charge is 2.32. The second kappa shape index (κ2) is 8.90. The lowest BCUT2D eigenvalue weighted by Gasteiger charge is -2.30. The van der Waals surface area contributed by atoms with E-state index in [0.29, 0.717) is 5.56 Å². The summed E-state index contributed by atoms with van der Waals surface area (Å²) in [6.07, 6.45) is -2.88. The van der Waals surface area contributed by atoms with Crippen LogP contribution in [0.5, 0.6) is 0 Å². The molecule has 1 aliphatic heterocycles. The van der Waals surface area contributed by atoms with Crippen LogP contribution < -0.4 is 10.6 Å². The Kier molecular flexibility index (Phi) is 7.75. The molecule has 7 heteroatoms. The van der Waals surface area contributed by atoms with Crippen molar-refractivity contribution in [1.82, 2.24) is 10.6 Å². The zero-order chi connectivity index (χ0) is 17.9. The molecule has 2 N–H and O–H groups in total. The van der Waals surface area contributed by atoms with Crippen LogP contribution in [0.15, 0.2) is 24.3 Å². The van der Waals surface area contributed by atoms with E-state index < -0.39 is 17.8 Å². The molecule has 142 valence electrons. The fraction of sp³-hybridized carbons (Fsp3) is 0.611. The Labute approximate surface area is 153 Å². The fourth-order valence-electron chi connectivity index (χ4n) is 3.18. The minimum absolute atomic E-state index is 0. The lowest BCUT2D eigenvalue weighted by atomic mass is 9.90. The summed E-state index contributed by atoms with van der Waals surface area (Å²) in [7, 11) is 0. The number of hydrogen-bond acceptors (Lipinski definition) is 2. The van der Waals surface area contributed by atoms with Gasteiger partial charge in [-0.3, -0.25) is 4.79 Å². The lowest BCUT2D eigenvalue weighted by Crippen LogP contribution is -2.44. The van der Waals surface area contributed by atoms with Crippen LogP contribution in [0.1, 0.15) is 50.8 Å². The molecule has 3 atom stereocenters. The highest BCUT2D eigenvalue weighted by Crippen LogP contribution is 2.32. The first-order valence-corrected chi connectivity index (χ1v) is 8.39. The van der Waals surface area contributed by atoms with Crippen molar-refractivity contribution in [3.63, 3.8) is 0 Å². The minimum atomic E-state index is -4.38. The van der Waals surface area contributed by atoms with Crippen LogP contribution in [-0.2, 0) is 11.0 Å². The molecule has 1 unspecified atom stereocenters. The molecule has 1 heterocycles. The van der Waals surface area contributed by atoms with Crippen LogP contribution in [0.2, 0.25) is 0 Å². The third-order valence-electron chi connectivity index (χ3n) is 4.53. The van der Waals surface area contributed by atoms with Gasteiger partial charge in [0.05, 0.1) is 11.6 Å². The monoisotopic (exact) mass is 378 g/mol. The number of benzene rings is 1. The van der Waals surface area contributed by atoms with Crippen molar-refractivity contribution in [2.75, 3.05) is 6.54 Å². The Morgan fingerprint density at radius 1 is 1.32 bits per heavy atom. The standard InChI is InChI=1S/C18H25F3N2O.ClH/c1-11(2)16(13-5-4-6-15(10-13)18(19,20)21)23-17(24)14-7-8-22-12(3)9-14;/h4-6,10-12,14,16,22H,7-9H2,1-3H3,(H,23,24);1H/t12-,14-,16?;/m0./s1. The average Bonchev–Trinajstić information content (AvgIpc) is 2.51. The maximum Gasteiger partial charge on any atom is 0.416 e. The Balaban J connectivity index is 0.00000312. The van der Waals surface area contributed by atoms with Gasteiger partial charge in [-0.2, -0.15) is 13.2 Å². The summed E-state index contributed by atoms with van der Waals surface area (Å²) >= 11 is 0. The molecule has 0 aliphatic carbocycles. The fourth-order valence-corrected chi connectivity index (χ4v) is 3.18. The summed E-state index contributed by atoms with van der Waals surface area (Å²) in [5, 5.41) is 6.26. The van der Waals surface area contributed by atoms with Gasteiger partial charge in [0.1, 0.15) is 0 Å². The van der Waals surface area contributed by atoms with Gasteiger partial charge in [-0.25, -0.2) is 0 Å². The number of alkyl halides is 3. The van der Waals surface area contributed by atoms with Crippen LogP contribution in [0.4, 0.5) is 13.2 Å². The molecule has 1 fully saturated rings. The first-order valence-electron chi connectivity index (χ1n) is 8.39. The number of rotatable bonds is 4. The molecule has 1 aliphatic rings. The number of hydrogen-bond donors (Lipinski definition) is 2. The van der Waals surface area contributed by atoms with Crippen molar-refractivity contribution >= 4 is 18.3 Å². The Morgan fingerprint density at radius 3 is 2.56 bits per heavy atom. The number of amides is 1. The van der Waals surface area contributed by atoms with Crippen molar-refractivity contribution in [2.45, 2.75) is 51.9 Å². The number of halogens is 4.